The number of hydrogen-bond acceptors (Lipinski definition) is 6. The van der Waals surface area contributed by atoms with Gasteiger partial charge in [-0.3, -0.25) is 14.9 Å². The van der Waals surface area contributed by atoms with Crippen LogP contribution in [0.2, 0.25) is 0 Å². The van der Waals surface area contributed by atoms with Crippen LogP contribution in [0, 0.1) is 10.1 Å². The van der Waals surface area contributed by atoms with Crippen LogP contribution < -0.4 is 5.32 Å². The standard InChI is InChI=1S/C20H21N3O5/c1-28-20(25)17-11-16(7-8-18(17)23(26)27)21-12-14-4-2-5-15(10-14)13-22-9-3-6-19(22)24/h2,4-5,7-8,10-11,21H,3,6,9,12-13H2,1H3. The number of likely N-dealkylation sites (tertiary alicyclic amines) is 1. The summed E-state index contributed by atoms with van der Waals surface area (Å²) in [7, 11) is 1.18. The molecule has 28 heavy (non-hydrogen) atoms. The maximum atomic E-state index is 11.8. The average Bonchev–Trinajstić information content (AvgIpc) is 3.10. The summed E-state index contributed by atoms with van der Waals surface area (Å²) in [5, 5.41) is 14.3. The molecule has 1 N–H and O–H groups in total. The van der Waals surface area contributed by atoms with E-state index in [1.54, 1.807) is 6.07 Å². The zero-order chi connectivity index (χ0) is 20.1. The van der Waals surface area contributed by atoms with E-state index in [4.69, 9.17) is 0 Å². The summed E-state index contributed by atoms with van der Waals surface area (Å²) >= 11 is 0. The van der Waals surface area contributed by atoms with Crippen molar-refractivity contribution < 1.29 is 19.2 Å². The Bertz CT molecular complexity index is 912. The smallest absolute Gasteiger partial charge is 0.344 e. The molecule has 1 heterocycles. The average molecular weight is 383 g/mol. The highest BCUT2D eigenvalue weighted by atomic mass is 16.6. The van der Waals surface area contributed by atoms with Gasteiger partial charge in [-0.25, -0.2) is 4.79 Å². The van der Waals surface area contributed by atoms with Crippen LogP contribution in [0.3, 0.4) is 0 Å². The molecule has 0 saturated carbocycles. The van der Waals surface area contributed by atoms with Crippen molar-refractivity contribution in [3.8, 4) is 0 Å². The number of amides is 1. The van der Waals surface area contributed by atoms with Crippen LogP contribution in [-0.2, 0) is 22.6 Å². The van der Waals surface area contributed by atoms with E-state index in [0.29, 0.717) is 25.2 Å². The molecule has 1 fully saturated rings. The second-order valence-corrected chi connectivity index (χ2v) is 6.57. The quantitative estimate of drug-likeness (QED) is 0.448. The predicted molar refractivity (Wildman–Crippen MR) is 103 cm³/mol. The third-order valence-electron chi connectivity index (χ3n) is 4.63. The lowest BCUT2D eigenvalue weighted by Gasteiger charge is -2.16. The molecule has 0 bridgehead atoms. The van der Waals surface area contributed by atoms with Crippen molar-refractivity contribution in [2.24, 2.45) is 0 Å². The highest BCUT2D eigenvalue weighted by molar-refractivity contribution is 5.95. The Hall–Kier alpha value is -3.42. The molecule has 1 saturated heterocycles. The van der Waals surface area contributed by atoms with Gasteiger partial charge in [0.15, 0.2) is 0 Å². The number of nitro groups is 1. The first-order valence-corrected chi connectivity index (χ1v) is 8.94. The molecule has 0 aromatic heterocycles. The van der Waals surface area contributed by atoms with Gasteiger partial charge in [-0.2, -0.15) is 0 Å². The number of nitrogens with zero attached hydrogens (tertiary/aromatic N) is 2. The number of carbonyl (C=O) groups is 2. The number of nitro benzene ring substituents is 1. The van der Waals surface area contributed by atoms with Gasteiger partial charge in [0, 0.05) is 37.8 Å². The van der Waals surface area contributed by atoms with E-state index in [1.165, 1.54) is 19.2 Å². The van der Waals surface area contributed by atoms with Gasteiger partial charge in [0.25, 0.3) is 5.69 Å². The Morgan fingerprint density at radius 2 is 2.04 bits per heavy atom. The fourth-order valence-electron chi connectivity index (χ4n) is 3.21. The molecule has 1 aliphatic rings. The summed E-state index contributed by atoms with van der Waals surface area (Å²) in [6, 6.07) is 12.1. The fourth-order valence-corrected chi connectivity index (χ4v) is 3.21. The fraction of sp³-hybridized carbons (Fsp3) is 0.300. The lowest BCUT2D eigenvalue weighted by atomic mass is 10.1. The second kappa shape index (κ2) is 8.51. The molecule has 0 radical (unpaired) electrons. The Labute approximate surface area is 162 Å². The number of esters is 1. The van der Waals surface area contributed by atoms with Crippen LogP contribution in [0.1, 0.15) is 34.3 Å². The van der Waals surface area contributed by atoms with Crippen LogP contribution in [0.5, 0.6) is 0 Å². The first kappa shape index (κ1) is 19.3. The largest absolute Gasteiger partial charge is 0.465 e. The van der Waals surface area contributed by atoms with Crippen LogP contribution in [0.25, 0.3) is 0 Å². The lowest BCUT2D eigenvalue weighted by molar-refractivity contribution is -0.385. The Balaban J connectivity index is 1.70. The van der Waals surface area contributed by atoms with Gasteiger partial charge < -0.3 is 15.0 Å². The van der Waals surface area contributed by atoms with Crippen molar-refractivity contribution in [1.29, 1.82) is 0 Å². The zero-order valence-corrected chi connectivity index (χ0v) is 15.5. The van der Waals surface area contributed by atoms with E-state index in [-0.39, 0.29) is 17.2 Å². The molecule has 1 aliphatic heterocycles. The molecular weight excluding hydrogens is 362 g/mol. The summed E-state index contributed by atoms with van der Waals surface area (Å²) in [6.07, 6.45) is 1.52. The van der Waals surface area contributed by atoms with Gasteiger partial charge in [-0.15, -0.1) is 0 Å². The molecule has 146 valence electrons. The third kappa shape index (κ3) is 4.46. The van der Waals surface area contributed by atoms with E-state index < -0.39 is 10.9 Å². The number of methoxy groups -OCH3 is 1. The van der Waals surface area contributed by atoms with E-state index in [1.807, 2.05) is 29.2 Å². The van der Waals surface area contributed by atoms with Gasteiger partial charge in [-0.05, 0) is 29.7 Å². The summed E-state index contributed by atoms with van der Waals surface area (Å²) in [6.45, 7) is 1.86. The Kier molecular flexibility index (Phi) is 5.88. The van der Waals surface area contributed by atoms with Crippen LogP contribution in [0.15, 0.2) is 42.5 Å². The normalized spacial score (nSPS) is 13.5. The van der Waals surface area contributed by atoms with E-state index in [2.05, 4.69) is 10.1 Å². The highest BCUT2D eigenvalue weighted by Crippen LogP contribution is 2.24. The maximum absolute atomic E-state index is 11.8. The second-order valence-electron chi connectivity index (χ2n) is 6.57. The van der Waals surface area contributed by atoms with Crippen LogP contribution in [0.4, 0.5) is 11.4 Å². The summed E-state index contributed by atoms with van der Waals surface area (Å²) < 4.78 is 4.63. The number of benzene rings is 2. The van der Waals surface area contributed by atoms with Gasteiger partial charge in [0.05, 0.1) is 12.0 Å². The minimum absolute atomic E-state index is 0.0983. The number of anilines is 1. The van der Waals surface area contributed by atoms with E-state index >= 15 is 0 Å². The number of nitrogens with one attached hydrogen (secondary N) is 1. The topological polar surface area (TPSA) is 102 Å². The van der Waals surface area contributed by atoms with Crippen molar-refractivity contribution in [2.75, 3.05) is 19.0 Å². The van der Waals surface area contributed by atoms with Crippen molar-refractivity contribution in [3.63, 3.8) is 0 Å². The van der Waals surface area contributed by atoms with E-state index in [9.17, 15) is 19.7 Å². The third-order valence-corrected chi connectivity index (χ3v) is 4.63. The van der Waals surface area contributed by atoms with Crippen LogP contribution >= 0.6 is 0 Å². The van der Waals surface area contributed by atoms with E-state index in [0.717, 1.165) is 24.1 Å². The predicted octanol–water partition coefficient (Wildman–Crippen LogP) is 3.12. The Morgan fingerprint density at radius 3 is 2.71 bits per heavy atom. The van der Waals surface area contributed by atoms with Crippen molar-refractivity contribution >= 4 is 23.3 Å². The number of ether oxygens (including phenoxy) is 1. The van der Waals surface area contributed by atoms with Crippen molar-refractivity contribution in [3.05, 3.63) is 69.3 Å². The van der Waals surface area contributed by atoms with Gasteiger partial charge in [0.2, 0.25) is 5.91 Å². The Morgan fingerprint density at radius 1 is 1.25 bits per heavy atom. The summed E-state index contributed by atoms with van der Waals surface area (Å²) in [5.74, 6) is -0.572. The molecule has 0 unspecified atom stereocenters. The number of carbonyl (C=O) groups excluding carboxylic acids is 2. The van der Waals surface area contributed by atoms with Gasteiger partial charge in [0.1, 0.15) is 5.56 Å². The molecule has 8 nitrogen and oxygen atoms in total. The molecule has 1 amide bonds. The molecule has 8 heteroatoms. The van der Waals surface area contributed by atoms with Gasteiger partial charge in [-0.1, -0.05) is 24.3 Å². The minimum atomic E-state index is -0.757. The monoisotopic (exact) mass is 383 g/mol. The highest BCUT2D eigenvalue weighted by Gasteiger charge is 2.21. The molecule has 3 rings (SSSR count). The molecule has 2 aromatic rings. The van der Waals surface area contributed by atoms with Crippen molar-refractivity contribution in [1.82, 2.24) is 4.90 Å². The zero-order valence-electron chi connectivity index (χ0n) is 15.5. The van der Waals surface area contributed by atoms with Gasteiger partial charge >= 0.3 is 5.97 Å². The van der Waals surface area contributed by atoms with Crippen LogP contribution in [-0.4, -0.2) is 35.4 Å². The SMILES string of the molecule is COC(=O)c1cc(NCc2cccc(CN3CCCC3=O)c2)ccc1[N+](=O)[O-]. The van der Waals surface area contributed by atoms with Crippen molar-refractivity contribution in [2.45, 2.75) is 25.9 Å². The minimum Gasteiger partial charge on any atom is -0.465 e. The molecular formula is C20H21N3O5. The summed E-state index contributed by atoms with van der Waals surface area (Å²) in [5.41, 5.74) is 2.23. The maximum Gasteiger partial charge on any atom is 0.344 e. The number of rotatable bonds is 7. The first-order valence-electron chi connectivity index (χ1n) is 8.94. The number of hydrogen-bond donors (Lipinski definition) is 1. The molecule has 0 spiro atoms. The summed E-state index contributed by atoms with van der Waals surface area (Å²) in [4.78, 5) is 35.9. The lowest BCUT2D eigenvalue weighted by Crippen LogP contribution is -2.23. The first-order chi connectivity index (χ1) is 13.5. The molecule has 0 atom stereocenters. The molecule has 2 aromatic carbocycles. The molecule has 0 aliphatic carbocycles.